The molecule has 0 aromatic heterocycles. The Bertz CT molecular complexity index is 541. The molecule has 0 aliphatic carbocycles. The number of benzene rings is 1. The number of nitrogens with one attached hydrogen (secondary N) is 1. The third kappa shape index (κ3) is 4.41. The van der Waals surface area contributed by atoms with Crippen LogP contribution in [0.4, 0.5) is 11.4 Å². The molecule has 0 bridgehead atoms. The maximum absolute atomic E-state index is 11.2. The van der Waals surface area contributed by atoms with Crippen LogP contribution in [-0.2, 0) is 0 Å². The van der Waals surface area contributed by atoms with E-state index in [4.69, 9.17) is 5.11 Å². The van der Waals surface area contributed by atoms with E-state index >= 15 is 0 Å². The van der Waals surface area contributed by atoms with Gasteiger partial charge in [0.2, 0.25) is 0 Å². The summed E-state index contributed by atoms with van der Waals surface area (Å²) >= 11 is 3.37. The van der Waals surface area contributed by atoms with E-state index < -0.39 is 0 Å². The number of nitro benzene ring substituents is 1. The molecule has 1 aromatic carbocycles. The van der Waals surface area contributed by atoms with Crippen molar-refractivity contribution in [1.29, 1.82) is 0 Å². The normalized spacial score (nSPS) is 23.0. The third-order valence-corrected chi connectivity index (χ3v) is 4.53. The lowest BCUT2D eigenvalue weighted by atomic mass is 9.95. The average Bonchev–Trinajstić information content (AvgIpc) is 2.60. The summed E-state index contributed by atoms with van der Waals surface area (Å²) in [5.74, 6) is 0. The number of aliphatic hydroxyl groups is 1. The summed E-state index contributed by atoms with van der Waals surface area (Å²) in [6.07, 6.45) is 3.09. The van der Waals surface area contributed by atoms with E-state index in [9.17, 15) is 10.1 Å². The van der Waals surface area contributed by atoms with E-state index in [-0.39, 0.29) is 22.8 Å². The number of likely N-dealkylation sites (tertiary alicyclic amines) is 1. The first-order valence-corrected chi connectivity index (χ1v) is 8.28. The zero-order valence-corrected chi connectivity index (χ0v) is 14.3. The number of rotatable bonds is 5. The zero-order chi connectivity index (χ0) is 16.2. The molecule has 7 heteroatoms. The molecule has 1 saturated heterocycles. The largest absolute Gasteiger partial charge is 0.395 e. The zero-order valence-electron chi connectivity index (χ0n) is 12.7. The van der Waals surface area contributed by atoms with Crippen LogP contribution in [0.5, 0.6) is 0 Å². The second-order valence-corrected chi connectivity index (χ2v) is 6.98. The van der Waals surface area contributed by atoms with Crippen LogP contribution in [0.1, 0.15) is 26.2 Å². The molecule has 2 N–H and O–H groups in total. The Balaban J connectivity index is 2.23. The minimum Gasteiger partial charge on any atom is -0.395 e. The van der Waals surface area contributed by atoms with Gasteiger partial charge in [0.05, 0.1) is 11.5 Å². The fourth-order valence-electron chi connectivity index (χ4n) is 3.03. The van der Waals surface area contributed by atoms with Gasteiger partial charge in [-0.3, -0.25) is 15.0 Å². The molecule has 1 atom stereocenters. The lowest BCUT2D eigenvalue weighted by Crippen LogP contribution is -2.46. The van der Waals surface area contributed by atoms with Crippen molar-refractivity contribution in [2.75, 3.05) is 31.6 Å². The van der Waals surface area contributed by atoms with Crippen LogP contribution < -0.4 is 5.32 Å². The van der Waals surface area contributed by atoms with Crippen molar-refractivity contribution in [1.82, 2.24) is 4.90 Å². The molecular weight excluding hydrogens is 350 g/mol. The summed E-state index contributed by atoms with van der Waals surface area (Å²) in [6.45, 7) is 4.58. The summed E-state index contributed by atoms with van der Waals surface area (Å²) in [7, 11) is 0. The van der Waals surface area contributed by atoms with E-state index in [0.717, 1.165) is 36.8 Å². The highest BCUT2D eigenvalue weighted by Gasteiger charge is 2.31. The molecular formula is C15H22BrN3O3. The topological polar surface area (TPSA) is 78.6 Å². The van der Waals surface area contributed by atoms with E-state index in [2.05, 4.69) is 33.1 Å². The predicted octanol–water partition coefficient (Wildman–Crippen LogP) is 3.01. The molecule has 1 aromatic rings. The van der Waals surface area contributed by atoms with Gasteiger partial charge in [-0.1, -0.05) is 15.9 Å². The molecule has 1 heterocycles. The van der Waals surface area contributed by atoms with E-state index in [1.807, 2.05) is 0 Å². The molecule has 22 heavy (non-hydrogen) atoms. The second-order valence-electron chi connectivity index (χ2n) is 6.06. The fraction of sp³-hybridized carbons (Fsp3) is 0.600. The second kappa shape index (κ2) is 7.39. The summed E-state index contributed by atoms with van der Waals surface area (Å²) in [5.41, 5.74) is 0.368. The van der Waals surface area contributed by atoms with Gasteiger partial charge in [0.1, 0.15) is 5.69 Å². The quantitative estimate of drug-likeness (QED) is 0.614. The number of hydrogen-bond acceptors (Lipinski definition) is 5. The maximum atomic E-state index is 11.2. The van der Waals surface area contributed by atoms with E-state index in [1.54, 1.807) is 12.1 Å². The van der Waals surface area contributed by atoms with Gasteiger partial charge in [-0.05, 0) is 44.9 Å². The van der Waals surface area contributed by atoms with Crippen molar-refractivity contribution >= 4 is 27.3 Å². The molecule has 0 radical (unpaired) electrons. The maximum Gasteiger partial charge on any atom is 0.292 e. The van der Waals surface area contributed by atoms with Crippen LogP contribution in [0.3, 0.4) is 0 Å². The average molecular weight is 372 g/mol. The lowest BCUT2D eigenvalue weighted by molar-refractivity contribution is -0.384. The van der Waals surface area contributed by atoms with Crippen LogP contribution in [0, 0.1) is 10.1 Å². The highest BCUT2D eigenvalue weighted by Crippen LogP contribution is 2.33. The van der Waals surface area contributed by atoms with Gasteiger partial charge in [0.25, 0.3) is 5.69 Å². The smallest absolute Gasteiger partial charge is 0.292 e. The van der Waals surface area contributed by atoms with Crippen LogP contribution >= 0.6 is 15.9 Å². The number of hydrogen-bond donors (Lipinski definition) is 2. The van der Waals surface area contributed by atoms with Gasteiger partial charge < -0.3 is 10.4 Å². The Kier molecular flexibility index (Phi) is 5.77. The third-order valence-electron chi connectivity index (χ3n) is 4.03. The number of nitro groups is 1. The van der Waals surface area contributed by atoms with Crippen LogP contribution in [0.25, 0.3) is 0 Å². The van der Waals surface area contributed by atoms with Crippen molar-refractivity contribution in [3.63, 3.8) is 0 Å². The molecule has 0 amide bonds. The molecule has 122 valence electrons. The summed E-state index contributed by atoms with van der Waals surface area (Å²) in [4.78, 5) is 13.1. The lowest BCUT2D eigenvalue weighted by Gasteiger charge is -2.34. The number of β-amino-alcohol motifs (C(OH)–C–C–N with tert-alkyl or cyclic N) is 1. The monoisotopic (exact) mass is 371 g/mol. The van der Waals surface area contributed by atoms with Crippen molar-refractivity contribution in [3.8, 4) is 0 Å². The Morgan fingerprint density at radius 1 is 1.50 bits per heavy atom. The SMILES string of the molecule is CC1(Nc2cc(Br)ccc2[N+](=O)[O-])CCCCN(CCO)C1. The molecule has 1 aliphatic heterocycles. The van der Waals surface area contributed by atoms with Crippen LogP contribution in [0.2, 0.25) is 0 Å². The van der Waals surface area contributed by atoms with Crippen molar-refractivity contribution in [2.24, 2.45) is 0 Å². The van der Waals surface area contributed by atoms with Crippen LogP contribution in [0.15, 0.2) is 22.7 Å². The molecule has 1 unspecified atom stereocenters. The Hall–Kier alpha value is -1.18. The van der Waals surface area contributed by atoms with Gasteiger partial charge in [0.15, 0.2) is 0 Å². The Morgan fingerprint density at radius 3 is 2.95 bits per heavy atom. The highest BCUT2D eigenvalue weighted by atomic mass is 79.9. The van der Waals surface area contributed by atoms with Gasteiger partial charge in [0, 0.05) is 29.2 Å². The number of halogens is 1. The summed E-state index contributed by atoms with van der Waals surface area (Å²) in [5, 5.41) is 23.8. The Labute approximate surface area is 138 Å². The van der Waals surface area contributed by atoms with Gasteiger partial charge >= 0.3 is 0 Å². The van der Waals surface area contributed by atoms with Crippen molar-refractivity contribution in [2.45, 2.75) is 31.7 Å². The van der Waals surface area contributed by atoms with Crippen molar-refractivity contribution < 1.29 is 10.0 Å². The number of anilines is 1. The minimum absolute atomic E-state index is 0.0855. The number of aliphatic hydroxyl groups excluding tert-OH is 1. The first kappa shape index (κ1) is 17.2. The van der Waals surface area contributed by atoms with Crippen LogP contribution in [-0.4, -0.2) is 46.7 Å². The molecule has 6 nitrogen and oxygen atoms in total. The molecule has 1 fully saturated rings. The Morgan fingerprint density at radius 2 is 2.27 bits per heavy atom. The van der Waals surface area contributed by atoms with E-state index in [0.29, 0.717) is 12.2 Å². The summed E-state index contributed by atoms with van der Waals surface area (Å²) < 4.78 is 0.810. The van der Waals surface area contributed by atoms with Gasteiger partial charge in [-0.15, -0.1) is 0 Å². The van der Waals surface area contributed by atoms with E-state index in [1.165, 1.54) is 6.07 Å². The summed E-state index contributed by atoms with van der Waals surface area (Å²) in [6, 6.07) is 4.94. The van der Waals surface area contributed by atoms with Gasteiger partial charge in [-0.2, -0.15) is 0 Å². The number of nitrogens with zero attached hydrogens (tertiary/aromatic N) is 2. The highest BCUT2D eigenvalue weighted by molar-refractivity contribution is 9.10. The standard InChI is InChI=1S/C15H22BrN3O3/c1-15(6-2-3-7-18(11-15)8-9-20)17-13-10-12(16)4-5-14(13)19(21)22/h4-5,10,17,20H,2-3,6-9,11H2,1H3. The predicted molar refractivity (Wildman–Crippen MR) is 90.2 cm³/mol. The fourth-order valence-corrected chi connectivity index (χ4v) is 3.39. The van der Waals surface area contributed by atoms with Crippen molar-refractivity contribution in [3.05, 3.63) is 32.8 Å². The van der Waals surface area contributed by atoms with Gasteiger partial charge in [-0.25, -0.2) is 0 Å². The first-order chi connectivity index (χ1) is 10.4. The molecule has 2 rings (SSSR count). The molecule has 1 aliphatic rings. The molecule has 0 spiro atoms. The minimum atomic E-state index is -0.361. The molecule has 0 saturated carbocycles. The first-order valence-electron chi connectivity index (χ1n) is 7.49.